The zero-order chi connectivity index (χ0) is 16.7. The Labute approximate surface area is 138 Å². The minimum Gasteiger partial charge on any atom is -0.383 e. The van der Waals surface area contributed by atoms with Crippen LogP contribution < -0.4 is 5.73 Å². The van der Waals surface area contributed by atoms with Crippen molar-refractivity contribution in [1.29, 1.82) is 0 Å². The van der Waals surface area contributed by atoms with Gasteiger partial charge >= 0.3 is 0 Å². The largest absolute Gasteiger partial charge is 0.383 e. The van der Waals surface area contributed by atoms with E-state index >= 15 is 0 Å². The van der Waals surface area contributed by atoms with Crippen LogP contribution in [0.4, 0.5) is 11.5 Å². The predicted octanol–water partition coefficient (Wildman–Crippen LogP) is 4.14. The number of benzene rings is 2. The zero-order valence-corrected chi connectivity index (χ0v) is 12.6. The van der Waals surface area contributed by atoms with E-state index in [4.69, 9.17) is 5.73 Å². The fraction of sp³-hybridized carbons (Fsp3) is 0. The van der Waals surface area contributed by atoms with Crippen LogP contribution in [0.15, 0.2) is 60.8 Å². The van der Waals surface area contributed by atoms with Crippen LogP contribution in [-0.2, 0) is 0 Å². The molecule has 5 nitrogen and oxygen atoms in total. The molecule has 1 aliphatic rings. The molecule has 3 aromatic rings. The molecule has 0 amide bonds. The number of nitro groups is 1. The smallest absolute Gasteiger partial charge is 0.270 e. The number of aromatic nitrogens is 1. The Morgan fingerprint density at radius 3 is 2.46 bits per heavy atom. The van der Waals surface area contributed by atoms with E-state index in [1.807, 2.05) is 42.5 Å². The van der Waals surface area contributed by atoms with Gasteiger partial charge < -0.3 is 5.73 Å². The molecule has 0 saturated carbocycles. The highest BCUT2D eigenvalue weighted by Gasteiger charge is 2.25. The molecule has 2 N–H and O–H groups in total. The first-order valence-electron chi connectivity index (χ1n) is 7.46. The van der Waals surface area contributed by atoms with Gasteiger partial charge in [0.2, 0.25) is 0 Å². The van der Waals surface area contributed by atoms with Crippen LogP contribution in [0.5, 0.6) is 0 Å². The van der Waals surface area contributed by atoms with Gasteiger partial charge in [0.15, 0.2) is 0 Å². The second-order valence-corrected chi connectivity index (χ2v) is 5.57. The van der Waals surface area contributed by atoms with Gasteiger partial charge in [-0.2, -0.15) is 0 Å². The monoisotopic (exact) mass is 315 g/mol. The summed E-state index contributed by atoms with van der Waals surface area (Å²) in [5.74, 6) is 0.432. The highest BCUT2D eigenvalue weighted by atomic mass is 16.6. The number of nitro benzene ring substituents is 1. The Kier molecular flexibility index (Phi) is 3.13. The summed E-state index contributed by atoms with van der Waals surface area (Å²) < 4.78 is 0. The number of non-ortho nitro benzene ring substituents is 1. The van der Waals surface area contributed by atoms with Gasteiger partial charge in [0.05, 0.1) is 4.92 Å². The standard InChI is InChI=1S/C19H13N3O2/c20-19-12(4-3-9-21-19)10-17-15-6-2-1-5-14(15)16-8-7-13(22(23)24)11-18(16)17/h1-11H,(H2,20,21)/b17-10+. The molecule has 0 radical (unpaired) electrons. The van der Waals surface area contributed by atoms with Crippen LogP contribution in [0.2, 0.25) is 0 Å². The lowest BCUT2D eigenvalue weighted by Gasteiger charge is -2.05. The molecule has 0 saturated heterocycles. The average Bonchev–Trinajstić information content (AvgIpc) is 2.90. The van der Waals surface area contributed by atoms with E-state index in [9.17, 15) is 10.1 Å². The average molecular weight is 315 g/mol. The quantitative estimate of drug-likeness (QED) is 0.445. The van der Waals surface area contributed by atoms with Gasteiger partial charge in [-0.1, -0.05) is 24.3 Å². The van der Waals surface area contributed by atoms with Crippen molar-refractivity contribution in [3.8, 4) is 11.1 Å². The number of hydrogen-bond acceptors (Lipinski definition) is 4. The number of pyridine rings is 1. The molecule has 0 aliphatic heterocycles. The predicted molar refractivity (Wildman–Crippen MR) is 94.2 cm³/mol. The van der Waals surface area contributed by atoms with Crippen molar-refractivity contribution < 1.29 is 4.92 Å². The Bertz CT molecular complexity index is 1010. The van der Waals surface area contributed by atoms with Gasteiger partial charge in [-0.05, 0) is 52.1 Å². The van der Waals surface area contributed by atoms with Crippen LogP contribution in [0.3, 0.4) is 0 Å². The van der Waals surface area contributed by atoms with Crippen molar-refractivity contribution in [3.63, 3.8) is 0 Å². The summed E-state index contributed by atoms with van der Waals surface area (Å²) in [5.41, 5.74) is 11.7. The highest BCUT2D eigenvalue weighted by molar-refractivity contribution is 6.07. The fourth-order valence-electron chi connectivity index (χ4n) is 3.06. The Hall–Kier alpha value is -3.47. The van der Waals surface area contributed by atoms with Gasteiger partial charge in [0.1, 0.15) is 5.82 Å². The number of fused-ring (bicyclic) bond motifs is 3. The number of nitrogens with two attached hydrogens (primary N) is 1. The first kappa shape index (κ1) is 14.1. The molecule has 5 heteroatoms. The van der Waals surface area contributed by atoms with Crippen molar-refractivity contribution in [2.45, 2.75) is 0 Å². The third kappa shape index (κ3) is 2.14. The van der Waals surface area contributed by atoms with Gasteiger partial charge in [0.25, 0.3) is 5.69 Å². The third-order valence-electron chi connectivity index (χ3n) is 4.18. The molecule has 24 heavy (non-hydrogen) atoms. The second kappa shape index (κ2) is 5.31. The first-order valence-corrected chi connectivity index (χ1v) is 7.46. The number of nitrogen functional groups attached to an aromatic ring is 1. The third-order valence-corrected chi connectivity index (χ3v) is 4.18. The molecule has 0 fully saturated rings. The van der Waals surface area contributed by atoms with Crippen LogP contribution >= 0.6 is 0 Å². The molecule has 1 heterocycles. The highest BCUT2D eigenvalue weighted by Crippen LogP contribution is 2.46. The van der Waals surface area contributed by atoms with Crippen molar-refractivity contribution in [3.05, 3.63) is 87.6 Å². The molecule has 1 aliphatic carbocycles. The van der Waals surface area contributed by atoms with E-state index < -0.39 is 0 Å². The molecular weight excluding hydrogens is 302 g/mol. The SMILES string of the molecule is Nc1ncccc1/C=C1\c2ccccc2-c2ccc([N+](=O)[O-])cc21. The molecular formula is C19H13N3O2. The maximum Gasteiger partial charge on any atom is 0.270 e. The molecule has 116 valence electrons. The molecule has 0 atom stereocenters. The Morgan fingerprint density at radius 2 is 1.71 bits per heavy atom. The lowest BCUT2D eigenvalue weighted by molar-refractivity contribution is -0.384. The van der Waals surface area contributed by atoms with Gasteiger partial charge in [-0.25, -0.2) is 4.98 Å². The van der Waals surface area contributed by atoms with Gasteiger partial charge in [-0.15, -0.1) is 0 Å². The first-order chi connectivity index (χ1) is 11.6. The maximum atomic E-state index is 11.1. The Balaban J connectivity index is 1.99. The summed E-state index contributed by atoms with van der Waals surface area (Å²) in [6.45, 7) is 0. The Morgan fingerprint density at radius 1 is 0.958 bits per heavy atom. The van der Waals surface area contributed by atoms with E-state index in [2.05, 4.69) is 4.98 Å². The van der Waals surface area contributed by atoms with Crippen molar-refractivity contribution in [1.82, 2.24) is 4.98 Å². The zero-order valence-electron chi connectivity index (χ0n) is 12.6. The van der Waals surface area contributed by atoms with Crippen LogP contribution in [0.25, 0.3) is 22.8 Å². The normalized spacial score (nSPS) is 13.6. The summed E-state index contributed by atoms with van der Waals surface area (Å²) in [7, 11) is 0. The molecule has 0 unspecified atom stereocenters. The minimum absolute atomic E-state index is 0.0756. The number of anilines is 1. The van der Waals surface area contributed by atoms with E-state index in [0.29, 0.717) is 5.82 Å². The van der Waals surface area contributed by atoms with Crippen LogP contribution in [0, 0.1) is 10.1 Å². The van der Waals surface area contributed by atoms with Crippen molar-refractivity contribution in [2.24, 2.45) is 0 Å². The fourth-order valence-corrected chi connectivity index (χ4v) is 3.06. The van der Waals surface area contributed by atoms with Gasteiger partial charge in [0, 0.05) is 23.9 Å². The molecule has 1 aromatic heterocycles. The van der Waals surface area contributed by atoms with Crippen molar-refractivity contribution in [2.75, 3.05) is 5.73 Å². The second-order valence-electron chi connectivity index (χ2n) is 5.57. The summed E-state index contributed by atoms with van der Waals surface area (Å²) >= 11 is 0. The van der Waals surface area contributed by atoms with E-state index in [0.717, 1.165) is 33.4 Å². The summed E-state index contributed by atoms with van der Waals surface area (Å²) in [4.78, 5) is 14.9. The molecule has 2 aromatic carbocycles. The van der Waals surface area contributed by atoms with Crippen LogP contribution in [-0.4, -0.2) is 9.91 Å². The molecule has 0 spiro atoms. The summed E-state index contributed by atoms with van der Waals surface area (Å²) in [5, 5.41) is 11.1. The number of hydrogen-bond donors (Lipinski definition) is 1. The minimum atomic E-state index is -0.376. The van der Waals surface area contributed by atoms with E-state index in [1.54, 1.807) is 18.3 Å². The number of rotatable bonds is 2. The summed E-state index contributed by atoms with van der Waals surface area (Å²) in [6.07, 6.45) is 3.58. The number of nitrogens with zero attached hydrogens (tertiary/aromatic N) is 2. The van der Waals surface area contributed by atoms with Crippen LogP contribution in [0.1, 0.15) is 16.7 Å². The van der Waals surface area contributed by atoms with Crippen molar-refractivity contribution >= 4 is 23.2 Å². The van der Waals surface area contributed by atoms with E-state index in [-0.39, 0.29) is 10.6 Å². The molecule has 0 bridgehead atoms. The van der Waals surface area contributed by atoms with Gasteiger partial charge in [-0.3, -0.25) is 10.1 Å². The topological polar surface area (TPSA) is 82.0 Å². The maximum absolute atomic E-state index is 11.1. The lowest BCUT2D eigenvalue weighted by atomic mass is 10.0. The summed E-state index contributed by atoms with van der Waals surface area (Å²) in [6, 6.07) is 16.6. The van der Waals surface area contributed by atoms with E-state index in [1.165, 1.54) is 6.07 Å². The molecule has 4 rings (SSSR count). The lowest BCUT2D eigenvalue weighted by Crippen LogP contribution is -1.93.